The van der Waals surface area contributed by atoms with Crippen molar-refractivity contribution in [2.45, 2.75) is 63.4 Å². The molecule has 1 saturated heterocycles. The van der Waals surface area contributed by atoms with E-state index >= 15 is 0 Å². The summed E-state index contributed by atoms with van der Waals surface area (Å²) < 4.78 is 38.4. The molecule has 1 aromatic carbocycles. The Hall–Kier alpha value is -1.86. The summed E-state index contributed by atoms with van der Waals surface area (Å²) in [5.74, 6) is 1.05. The number of aromatic nitrogens is 2. The van der Waals surface area contributed by atoms with Crippen molar-refractivity contribution in [1.82, 2.24) is 15.3 Å². The first-order chi connectivity index (χ1) is 12.1. The van der Waals surface area contributed by atoms with E-state index in [1.165, 1.54) is 12.1 Å². The highest BCUT2D eigenvalue weighted by atomic mass is 19.4. The van der Waals surface area contributed by atoms with Gasteiger partial charge in [0.25, 0.3) is 0 Å². The zero-order valence-corrected chi connectivity index (χ0v) is 15.1. The van der Waals surface area contributed by atoms with Crippen LogP contribution in [0.15, 0.2) is 30.5 Å². The van der Waals surface area contributed by atoms with Gasteiger partial charge in [-0.3, -0.25) is 0 Å². The Labute approximate surface area is 150 Å². The molecule has 4 nitrogen and oxygen atoms in total. The van der Waals surface area contributed by atoms with E-state index < -0.39 is 17.3 Å². The Morgan fingerprint density at radius 2 is 1.85 bits per heavy atom. The normalized spacial score (nSPS) is 27.1. The van der Waals surface area contributed by atoms with Crippen molar-refractivity contribution < 1.29 is 18.3 Å². The number of benzene rings is 1. The van der Waals surface area contributed by atoms with Crippen molar-refractivity contribution in [3.63, 3.8) is 0 Å². The minimum atomic E-state index is -4.38. The Bertz CT molecular complexity index is 754. The first-order valence-electron chi connectivity index (χ1n) is 8.79. The van der Waals surface area contributed by atoms with Crippen LogP contribution in [0, 0.1) is 0 Å². The van der Waals surface area contributed by atoms with Crippen LogP contribution in [0.1, 0.15) is 68.2 Å². The largest absolute Gasteiger partial charge is 0.416 e. The zero-order chi connectivity index (χ0) is 19.1. The average Bonchev–Trinajstić information content (AvgIpc) is 3.04. The standard InChI is InChI=1S/C19H24F3N3O/c1-11(2)16-10-23-17(25-16)15-9-18(26,8-12(3)24-15)13-4-6-14(7-5-13)19(20,21)22/h4-7,10-12,15,24,26H,8-9H2,1-3H3,(H,23,25)/t12-,15-,18?/m0/s1. The van der Waals surface area contributed by atoms with Gasteiger partial charge in [-0.15, -0.1) is 0 Å². The lowest BCUT2D eigenvalue weighted by molar-refractivity contribution is -0.137. The van der Waals surface area contributed by atoms with Crippen LogP contribution in [0.3, 0.4) is 0 Å². The predicted octanol–water partition coefficient (Wildman–Crippen LogP) is 4.25. The van der Waals surface area contributed by atoms with E-state index in [0.717, 1.165) is 23.7 Å². The number of hydrogen-bond donors (Lipinski definition) is 3. The first kappa shape index (κ1) is 18.9. The number of rotatable bonds is 3. The molecule has 0 radical (unpaired) electrons. The highest BCUT2D eigenvalue weighted by Crippen LogP contribution is 2.40. The Kier molecular flexibility index (Phi) is 4.88. The van der Waals surface area contributed by atoms with Gasteiger partial charge in [0.1, 0.15) is 5.82 Å². The zero-order valence-electron chi connectivity index (χ0n) is 15.1. The van der Waals surface area contributed by atoms with E-state index in [1.807, 2.05) is 6.92 Å². The molecule has 0 aliphatic carbocycles. The molecule has 0 saturated carbocycles. The van der Waals surface area contributed by atoms with E-state index in [1.54, 1.807) is 6.20 Å². The lowest BCUT2D eigenvalue weighted by Gasteiger charge is -2.40. The second-order valence-corrected chi connectivity index (χ2v) is 7.51. The fourth-order valence-electron chi connectivity index (χ4n) is 3.59. The van der Waals surface area contributed by atoms with E-state index in [0.29, 0.717) is 24.3 Å². The maximum absolute atomic E-state index is 12.8. The van der Waals surface area contributed by atoms with Crippen LogP contribution in [-0.2, 0) is 11.8 Å². The van der Waals surface area contributed by atoms with Gasteiger partial charge in [0.2, 0.25) is 0 Å². The third-order valence-corrected chi connectivity index (χ3v) is 4.99. The summed E-state index contributed by atoms with van der Waals surface area (Å²) in [6.45, 7) is 6.08. The fourth-order valence-corrected chi connectivity index (χ4v) is 3.59. The van der Waals surface area contributed by atoms with Crippen LogP contribution in [-0.4, -0.2) is 21.1 Å². The average molecular weight is 367 g/mol. The molecule has 3 atom stereocenters. The lowest BCUT2D eigenvalue weighted by atomic mass is 9.78. The van der Waals surface area contributed by atoms with Crippen molar-refractivity contribution in [2.75, 3.05) is 0 Å². The molecule has 142 valence electrons. The minimum absolute atomic E-state index is 0.00589. The van der Waals surface area contributed by atoms with Gasteiger partial charge in [-0.2, -0.15) is 13.2 Å². The number of nitrogens with zero attached hydrogens (tertiary/aromatic N) is 1. The van der Waals surface area contributed by atoms with Gasteiger partial charge in [0, 0.05) is 24.4 Å². The Balaban J connectivity index is 1.86. The predicted molar refractivity (Wildman–Crippen MR) is 92.6 cm³/mol. The first-order valence-corrected chi connectivity index (χ1v) is 8.79. The second kappa shape index (κ2) is 6.70. The number of aliphatic hydroxyl groups is 1. The van der Waals surface area contributed by atoms with Crippen LogP contribution < -0.4 is 5.32 Å². The number of H-pyrrole nitrogens is 1. The summed E-state index contributed by atoms with van der Waals surface area (Å²) in [4.78, 5) is 7.71. The van der Waals surface area contributed by atoms with Gasteiger partial charge >= 0.3 is 6.18 Å². The van der Waals surface area contributed by atoms with E-state index in [4.69, 9.17) is 0 Å². The van der Waals surface area contributed by atoms with E-state index in [-0.39, 0.29) is 12.1 Å². The number of hydrogen-bond acceptors (Lipinski definition) is 3. The molecule has 1 aliphatic heterocycles. The monoisotopic (exact) mass is 367 g/mol. The molecule has 7 heteroatoms. The van der Waals surface area contributed by atoms with E-state index in [9.17, 15) is 18.3 Å². The van der Waals surface area contributed by atoms with Gasteiger partial charge in [0.15, 0.2) is 0 Å². The molecule has 1 aromatic heterocycles. The number of imidazole rings is 1. The molecule has 2 aromatic rings. The number of nitrogens with one attached hydrogen (secondary N) is 2. The quantitative estimate of drug-likeness (QED) is 0.760. The van der Waals surface area contributed by atoms with Crippen LogP contribution >= 0.6 is 0 Å². The van der Waals surface area contributed by atoms with Crippen molar-refractivity contribution in [3.05, 3.63) is 53.1 Å². The Morgan fingerprint density at radius 1 is 1.19 bits per heavy atom. The number of halogens is 3. The van der Waals surface area contributed by atoms with Crippen molar-refractivity contribution >= 4 is 0 Å². The number of piperidine rings is 1. The lowest BCUT2D eigenvalue weighted by Crippen LogP contribution is -2.47. The third kappa shape index (κ3) is 3.78. The third-order valence-electron chi connectivity index (χ3n) is 4.99. The maximum Gasteiger partial charge on any atom is 0.416 e. The van der Waals surface area contributed by atoms with Crippen LogP contribution in [0.25, 0.3) is 0 Å². The fraction of sp³-hybridized carbons (Fsp3) is 0.526. The molecule has 3 N–H and O–H groups in total. The van der Waals surface area contributed by atoms with Crippen molar-refractivity contribution in [3.8, 4) is 0 Å². The second-order valence-electron chi connectivity index (χ2n) is 7.51. The van der Waals surface area contributed by atoms with Gasteiger partial charge in [0.05, 0.1) is 17.2 Å². The van der Waals surface area contributed by atoms with Gasteiger partial charge < -0.3 is 15.4 Å². The van der Waals surface area contributed by atoms with Crippen molar-refractivity contribution in [2.24, 2.45) is 0 Å². The molecule has 0 bridgehead atoms. The molecular weight excluding hydrogens is 343 g/mol. The van der Waals surface area contributed by atoms with Crippen LogP contribution in [0.5, 0.6) is 0 Å². The molecule has 26 heavy (non-hydrogen) atoms. The summed E-state index contributed by atoms with van der Waals surface area (Å²) in [5, 5.41) is 14.6. The summed E-state index contributed by atoms with van der Waals surface area (Å²) in [7, 11) is 0. The smallest absolute Gasteiger partial charge is 0.385 e. The summed E-state index contributed by atoms with van der Waals surface area (Å²) >= 11 is 0. The number of aromatic amines is 1. The molecular formula is C19H24F3N3O. The van der Waals surface area contributed by atoms with Gasteiger partial charge in [-0.05, 0) is 37.0 Å². The SMILES string of the molecule is CC(C)c1cnc([C@@H]2CC(O)(c3ccc(C(F)(F)F)cc3)C[C@H](C)N2)[nH]1. The molecule has 0 amide bonds. The maximum atomic E-state index is 12.8. The highest BCUT2D eigenvalue weighted by Gasteiger charge is 2.41. The Morgan fingerprint density at radius 3 is 2.38 bits per heavy atom. The highest BCUT2D eigenvalue weighted by molar-refractivity contribution is 5.30. The summed E-state index contributed by atoms with van der Waals surface area (Å²) in [5.41, 5.74) is -0.405. The molecule has 1 unspecified atom stereocenters. The van der Waals surface area contributed by atoms with Crippen LogP contribution in [0.4, 0.5) is 13.2 Å². The minimum Gasteiger partial charge on any atom is -0.385 e. The number of alkyl halides is 3. The molecule has 0 spiro atoms. The molecule has 1 fully saturated rings. The van der Waals surface area contributed by atoms with Crippen LogP contribution in [0.2, 0.25) is 0 Å². The summed E-state index contributed by atoms with van der Waals surface area (Å²) in [6, 6.07) is 4.60. The molecule has 1 aliphatic rings. The molecule has 3 rings (SSSR count). The molecule has 2 heterocycles. The summed E-state index contributed by atoms with van der Waals surface area (Å²) in [6.07, 6.45) is -1.83. The van der Waals surface area contributed by atoms with E-state index in [2.05, 4.69) is 29.1 Å². The van der Waals surface area contributed by atoms with Gasteiger partial charge in [-0.1, -0.05) is 26.0 Å². The van der Waals surface area contributed by atoms with Crippen molar-refractivity contribution in [1.29, 1.82) is 0 Å². The van der Waals surface area contributed by atoms with Gasteiger partial charge in [-0.25, -0.2) is 4.98 Å². The topological polar surface area (TPSA) is 60.9 Å².